The molecule has 1 aromatic rings. The quantitative estimate of drug-likeness (QED) is 0.813. The second kappa shape index (κ2) is 5.45. The molecular weight excluding hydrogens is 206 g/mol. The molecule has 16 heavy (non-hydrogen) atoms. The molecule has 0 aromatic carbocycles. The molecular formula is C11H13N3O2. The smallest absolute Gasteiger partial charge is 0.101 e. The summed E-state index contributed by atoms with van der Waals surface area (Å²) < 4.78 is 10.8. The Morgan fingerprint density at radius 1 is 1.56 bits per heavy atom. The van der Waals surface area contributed by atoms with Gasteiger partial charge in [0.15, 0.2) is 0 Å². The van der Waals surface area contributed by atoms with Crippen molar-refractivity contribution in [1.82, 2.24) is 4.98 Å². The zero-order valence-electron chi connectivity index (χ0n) is 8.85. The van der Waals surface area contributed by atoms with Crippen LogP contribution >= 0.6 is 0 Å². The topological polar surface area (TPSA) is 67.2 Å². The molecule has 5 nitrogen and oxygen atoms in total. The van der Waals surface area contributed by atoms with Crippen molar-refractivity contribution in [3.8, 4) is 6.07 Å². The Kier molecular flexibility index (Phi) is 3.70. The molecule has 0 saturated carbocycles. The molecule has 0 spiro atoms. The number of aromatic nitrogens is 1. The molecule has 1 saturated heterocycles. The highest BCUT2D eigenvalue weighted by Gasteiger charge is 2.14. The monoisotopic (exact) mass is 219 g/mol. The highest BCUT2D eigenvalue weighted by atomic mass is 16.6. The molecule has 2 rings (SSSR count). The van der Waals surface area contributed by atoms with Crippen molar-refractivity contribution < 1.29 is 9.47 Å². The average molecular weight is 219 g/mol. The first-order chi connectivity index (χ1) is 7.90. The van der Waals surface area contributed by atoms with Crippen LogP contribution < -0.4 is 5.32 Å². The molecule has 0 amide bonds. The Morgan fingerprint density at radius 2 is 2.50 bits per heavy atom. The minimum absolute atomic E-state index is 0.0421. The van der Waals surface area contributed by atoms with Crippen molar-refractivity contribution in [2.24, 2.45) is 0 Å². The van der Waals surface area contributed by atoms with Crippen LogP contribution in [0, 0.1) is 11.3 Å². The molecule has 0 aliphatic carbocycles. The predicted molar refractivity (Wildman–Crippen MR) is 58.0 cm³/mol. The Bertz CT molecular complexity index is 383. The molecule has 0 radical (unpaired) electrons. The SMILES string of the molecule is N#Cc1ccncc1NCC1COCCO1. The molecule has 1 aliphatic heterocycles. The normalized spacial score (nSPS) is 20.1. The summed E-state index contributed by atoms with van der Waals surface area (Å²) in [4.78, 5) is 3.97. The van der Waals surface area contributed by atoms with Crippen LogP contribution in [0.4, 0.5) is 5.69 Å². The molecule has 1 N–H and O–H groups in total. The highest BCUT2D eigenvalue weighted by Crippen LogP contribution is 2.12. The first-order valence-corrected chi connectivity index (χ1v) is 5.17. The number of rotatable bonds is 3. The van der Waals surface area contributed by atoms with Crippen LogP contribution in [0.2, 0.25) is 0 Å². The van der Waals surface area contributed by atoms with E-state index in [1.54, 1.807) is 18.5 Å². The number of anilines is 1. The van der Waals surface area contributed by atoms with Crippen molar-refractivity contribution >= 4 is 5.69 Å². The number of hydrogen-bond acceptors (Lipinski definition) is 5. The minimum Gasteiger partial charge on any atom is -0.380 e. The van der Waals surface area contributed by atoms with Gasteiger partial charge in [0.25, 0.3) is 0 Å². The summed E-state index contributed by atoms with van der Waals surface area (Å²) in [6, 6.07) is 3.79. The molecule has 1 aromatic heterocycles. The van der Waals surface area contributed by atoms with Gasteiger partial charge in [-0.3, -0.25) is 4.98 Å². The van der Waals surface area contributed by atoms with Crippen molar-refractivity contribution in [3.63, 3.8) is 0 Å². The molecule has 1 atom stereocenters. The van der Waals surface area contributed by atoms with Crippen LogP contribution in [0.5, 0.6) is 0 Å². The Balaban J connectivity index is 1.91. The van der Waals surface area contributed by atoms with Gasteiger partial charge in [-0.25, -0.2) is 0 Å². The minimum atomic E-state index is 0.0421. The zero-order chi connectivity index (χ0) is 11.2. The van der Waals surface area contributed by atoms with Gasteiger partial charge in [-0.1, -0.05) is 0 Å². The lowest BCUT2D eigenvalue weighted by Crippen LogP contribution is -2.34. The summed E-state index contributed by atoms with van der Waals surface area (Å²) in [5.74, 6) is 0. The Morgan fingerprint density at radius 3 is 3.25 bits per heavy atom. The van der Waals surface area contributed by atoms with Crippen LogP contribution in [0.1, 0.15) is 5.56 Å². The first-order valence-electron chi connectivity index (χ1n) is 5.17. The lowest BCUT2D eigenvalue weighted by Gasteiger charge is -2.23. The molecule has 0 bridgehead atoms. The summed E-state index contributed by atoms with van der Waals surface area (Å²) in [5, 5.41) is 12.0. The van der Waals surface area contributed by atoms with Crippen molar-refractivity contribution in [2.45, 2.75) is 6.10 Å². The lowest BCUT2D eigenvalue weighted by atomic mass is 10.2. The van der Waals surface area contributed by atoms with E-state index in [1.165, 1.54) is 0 Å². The van der Waals surface area contributed by atoms with Gasteiger partial charge in [0, 0.05) is 12.7 Å². The fourth-order valence-corrected chi connectivity index (χ4v) is 1.51. The van der Waals surface area contributed by atoms with E-state index < -0.39 is 0 Å². The first kappa shape index (κ1) is 10.9. The maximum atomic E-state index is 8.88. The Labute approximate surface area is 94.0 Å². The third-order valence-electron chi connectivity index (χ3n) is 2.35. The maximum absolute atomic E-state index is 8.88. The van der Waals surface area contributed by atoms with Gasteiger partial charge in [-0.15, -0.1) is 0 Å². The van der Waals surface area contributed by atoms with Crippen LogP contribution in [0.15, 0.2) is 18.5 Å². The molecule has 2 heterocycles. The predicted octanol–water partition coefficient (Wildman–Crippen LogP) is 0.781. The molecule has 1 aliphatic rings. The second-order valence-corrected chi connectivity index (χ2v) is 3.48. The van der Waals surface area contributed by atoms with E-state index in [0.717, 1.165) is 5.69 Å². The average Bonchev–Trinajstić information content (AvgIpc) is 2.38. The summed E-state index contributed by atoms with van der Waals surface area (Å²) in [6.45, 7) is 2.51. The van der Waals surface area contributed by atoms with E-state index in [1.807, 2.05) is 0 Å². The fourth-order valence-electron chi connectivity index (χ4n) is 1.51. The summed E-state index contributed by atoms with van der Waals surface area (Å²) >= 11 is 0. The van der Waals surface area contributed by atoms with Gasteiger partial charge < -0.3 is 14.8 Å². The number of nitrogens with zero attached hydrogens (tertiary/aromatic N) is 2. The highest BCUT2D eigenvalue weighted by molar-refractivity contribution is 5.55. The maximum Gasteiger partial charge on any atom is 0.101 e. The molecule has 1 unspecified atom stereocenters. The van der Waals surface area contributed by atoms with Gasteiger partial charge >= 0.3 is 0 Å². The summed E-state index contributed by atoms with van der Waals surface area (Å²) in [7, 11) is 0. The van der Waals surface area contributed by atoms with Gasteiger partial charge in [0.05, 0.1) is 43.4 Å². The number of ether oxygens (including phenoxy) is 2. The number of nitriles is 1. The van der Waals surface area contributed by atoms with E-state index in [4.69, 9.17) is 14.7 Å². The van der Waals surface area contributed by atoms with E-state index in [9.17, 15) is 0 Å². The number of hydrogen-bond donors (Lipinski definition) is 1. The standard InChI is InChI=1S/C11H13N3O2/c12-5-9-1-2-13-7-11(9)14-6-10-8-15-3-4-16-10/h1-2,7,10,14H,3-4,6,8H2. The third kappa shape index (κ3) is 2.69. The van der Waals surface area contributed by atoms with Crippen LogP contribution in [0.3, 0.4) is 0 Å². The largest absolute Gasteiger partial charge is 0.380 e. The van der Waals surface area contributed by atoms with Crippen molar-refractivity contribution in [3.05, 3.63) is 24.0 Å². The van der Waals surface area contributed by atoms with Crippen LogP contribution in [0.25, 0.3) is 0 Å². The van der Waals surface area contributed by atoms with E-state index >= 15 is 0 Å². The van der Waals surface area contributed by atoms with Crippen molar-refractivity contribution in [1.29, 1.82) is 5.26 Å². The van der Waals surface area contributed by atoms with Crippen LogP contribution in [-0.4, -0.2) is 37.5 Å². The van der Waals surface area contributed by atoms with Crippen LogP contribution in [-0.2, 0) is 9.47 Å². The van der Waals surface area contributed by atoms with Crippen molar-refractivity contribution in [2.75, 3.05) is 31.7 Å². The lowest BCUT2D eigenvalue weighted by molar-refractivity contribution is -0.0818. The van der Waals surface area contributed by atoms with Gasteiger partial charge in [-0.2, -0.15) is 5.26 Å². The van der Waals surface area contributed by atoms with Gasteiger partial charge in [0.1, 0.15) is 6.07 Å². The molecule has 84 valence electrons. The fraction of sp³-hybridized carbons (Fsp3) is 0.455. The number of pyridine rings is 1. The van der Waals surface area contributed by atoms with Gasteiger partial charge in [0.2, 0.25) is 0 Å². The number of nitrogens with one attached hydrogen (secondary N) is 1. The van der Waals surface area contributed by atoms with E-state index in [0.29, 0.717) is 31.9 Å². The zero-order valence-corrected chi connectivity index (χ0v) is 8.85. The molecule has 5 heteroatoms. The summed E-state index contributed by atoms with van der Waals surface area (Å²) in [5.41, 5.74) is 1.32. The second-order valence-electron chi connectivity index (χ2n) is 3.48. The Hall–Kier alpha value is -1.64. The van der Waals surface area contributed by atoms with Gasteiger partial charge in [-0.05, 0) is 6.07 Å². The third-order valence-corrected chi connectivity index (χ3v) is 2.35. The summed E-state index contributed by atoms with van der Waals surface area (Å²) in [6.07, 6.45) is 3.28. The molecule has 1 fully saturated rings. The van der Waals surface area contributed by atoms with E-state index in [-0.39, 0.29) is 6.10 Å². The van der Waals surface area contributed by atoms with E-state index in [2.05, 4.69) is 16.4 Å².